The van der Waals surface area contributed by atoms with Crippen LogP contribution in [-0.2, 0) is 6.42 Å². The Morgan fingerprint density at radius 1 is 1.06 bits per heavy atom. The number of alkyl halides is 1. The van der Waals surface area contributed by atoms with Gasteiger partial charge in [0, 0.05) is 6.42 Å². The summed E-state index contributed by atoms with van der Waals surface area (Å²) in [6.07, 6.45) is -1.08. The van der Waals surface area contributed by atoms with E-state index in [4.69, 9.17) is 0 Å². The Labute approximate surface area is 99.9 Å². The number of hydrogen-bond acceptors (Lipinski definition) is 0. The Morgan fingerprint density at radius 2 is 1.76 bits per heavy atom. The van der Waals surface area contributed by atoms with E-state index in [0.29, 0.717) is 11.1 Å². The van der Waals surface area contributed by atoms with E-state index in [1.807, 2.05) is 13.0 Å². The van der Waals surface area contributed by atoms with Crippen LogP contribution in [0.2, 0.25) is 0 Å². The second kappa shape index (κ2) is 5.09. The highest BCUT2D eigenvalue weighted by Gasteiger charge is 2.12. The van der Waals surface area contributed by atoms with Crippen molar-refractivity contribution in [2.75, 3.05) is 0 Å². The molecule has 0 aromatic heterocycles. The smallest absolute Gasteiger partial charge is 0.129 e. The minimum absolute atomic E-state index is 0.0795. The molecule has 0 unspecified atom stereocenters. The van der Waals surface area contributed by atoms with Crippen molar-refractivity contribution in [2.24, 2.45) is 0 Å². The van der Waals surface area contributed by atoms with Crippen LogP contribution in [0.25, 0.3) is 0 Å². The lowest BCUT2D eigenvalue weighted by atomic mass is 10.0. The molecule has 0 bridgehead atoms. The second-order valence-electron chi connectivity index (χ2n) is 4.18. The fourth-order valence-corrected chi connectivity index (χ4v) is 1.79. The Hall–Kier alpha value is -1.70. The van der Waals surface area contributed by atoms with Gasteiger partial charge in [-0.3, -0.25) is 0 Å². The third kappa shape index (κ3) is 2.90. The Bertz CT molecular complexity index is 492. The predicted molar refractivity (Wildman–Crippen MR) is 65.1 cm³/mol. The average Bonchev–Trinajstić information content (AvgIpc) is 2.34. The van der Waals surface area contributed by atoms with Crippen molar-refractivity contribution < 1.29 is 8.78 Å². The van der Waals surface area contributed by atoms with Crippen molar-refractivity contribution in [3.05, 3.63) is 71.0 Å². The van der Waals surface area contributed by atoms with E-state index in [-0.39, 0.29) is 12.2 Å². The SMILES string of the molecule is Cc1ccc(C[C@@H](F)c2ccccc2)c(F)c1. The third-order valence-electron chi connectivity index (χ3n) is 2.77. The van der Waals surface area contributed by atoms with Crippen molar-refractivity contribution in [1.82, 2.24) is 0 Å². The van der Waals surface area contributed by atoms with Gasteiger partial charge in [0.05, 0.1) is 0 Å². The van der Waals surface area contributed by atoms with E-state index < -0.39 is 6.17 Å². The van der Waals surface area contributed by atoms with Crippen LogP contribution < -0.4 is 0 Å². The first-order valence-corrected chi connectivity index (χ1v) is 5.61. The zero-order valence-corrected chi connectivity index (χ0v) is 9.66. The summed E-state index contributed by atoms with van der Waals surface area (Å²) in [7, 11) is 0. The maximum absolute atomic E-state index is 13.9. The van der Waals surface area contributed by atoms with Crippen molar-refractivity contribution in [3.8, 4) is 0 Å². The fraction of sp³-hybridized carbons (Fsp3) is 0.200. The van der Waals surface area contributed by atoms with Gasteiger partial charge in [-0.15, -0.1) is 0 Å². The zero-order valence-electron chi connectivity index (χ0n) is 9.66. The summed E-state index contributed by atoms with van der Waals surface area (Å²) < 4.78 is 27.5. The summed E-state index contributed by atoms with van der Waals surface area (Å²) in [5, 5.41) is 0. The van der Waals surface area contributed by atoms with E-state index in [1.165, 1.54) is 6.07 Å². The molecule has 0 fully saturated rings. The molecular weight excluding hydrogens is 218 g/mol. The minimum Gasteiger partial charge on any atom is -0.242 e. The van der Waals surface area contributed by atoms with Crippen LogP contribution in [0.15, 0.2) is 48.5 Å². The lowest BCUT2D eigenvalue weighted by Crippen LogP contribution is -1.99. The topological polar surface area (TPSA) is 0 Å². The largest absolute Gasteiger partial charge is 0.242 e. The number of halogens is 2. The molecule has 2 heteroatoms. The lowest BCUT2D eigenvalue weighted by molar-refractivity contribution is 0.338. The van der Waals surface area contributed by atoms with Crippen LogP contribution in [0.4, 0.5) is 8.78 Å². The summed E-state index contributed by atoms with van der Waals surface area (Å²) in [5.74, 6) is -0.330. The van der Waals surface area contributed by atoms with E-state index in [1.54, 1.807) is 36.4 Å². The standard InChI is InChI=1S/C15H14F2/c1-11-7-8-13(14(16)9-11)10-15(17)12-5-3-2-4-6-12/h2-9,15H,10H2,1H3/t15-/m1/s1. The number of rotatable bonds is 3. The molecule has 88 valence electrons. The molecule has 0 saturated carbocycles. The van der Waals surface area contributed by atoms with Crippen molar-refractivity contribution in [3.63, 3.8) is 0 Å². The molecule has 0 aliphatic rings. The van der Waals surface area contributed by atoms with E-state index in [2.05, 4.69) is 0 Å². The Kier molecular flexibility index (Phi) is 3.52. The van der Waals surface area contributed by atoms with Crippen LogP contribution in [0, 0.1) is 12.7 Å². The molecule has 2 aromatic carbocycles. The number of hydrogen-bond donors (Lipinski definition) is 0. The molecule has 1 atom stereocenters. The Morgan fingerprint density at radius 3 is 2.41 bits per heavy atom. The summed E-state index contributed by atoms with van der Waals surface area (Å²) in [6.45, 7) is 1.82. The molecule has 0 spiro atoms. The maximum Gasteiger partial charge on any atom is 0.129 e. The highest BCUT2D eigenvalue weighted by atomic mass is 19.1. The van der Waals surface area contributed by atoms with E-state index in [0.717, 1.165) is 5.56 Å². The molecule has 0 saturated heterocycles. The molecule has 0 heterocycles. The van der Waals surface area contributed by atoms with Crippen molar-refractivity contribution in [1.29, 1.82) is 0 Å². The Balaban J connectivity index is 2.16. The fourth-order valence-electron chi connectivity index (χ4n) is 1.79. The monoisotopic (exact) mass is 232 g/mol. The van der Waals surface area contributed by atoms with Crippen LogP contribution >= 0.6 is 0 Å². The maximum atomic E-state index is 13.9. The van der Waals surface area contributed by atoms with Gasteiger partial charge in [-0.2, -0.15) is 0 Å². The van der Waals surface area contributed by atoms with Gasteiger partial charge >= 0.3 is 0 Å². The van der Waals surface area contributed by atoms with E-state index in [9.17, 15) is 8.78 Å². The molecule has 2 rings (SSSR count). The zero-order chi connectivity index (χ0) is 12.3. The van der Waals surface area contributed by atoms with Crippen molar-refractivity contribution in [2.45, 2.75) is 19.5 Å². The van der Waals surface area contributed by atoms with Gasteiger partial charge in [-0.05, 0) is 29.7 Å². The molecule has 0 radical (unpaired) electrons. The van der Waals surface area contributed by atoms with Crippen LogP contribution in [0.5, 0.6) is 0 Å². The normalized spacial score (nSPS) is 12.4. The summed E-state index contributed by atoms with van der Waals surface area (Å²) in [6, 6.07) is 13.7. The first-order chi connectivity index (χ1) is 8.16. The molecule has 2 aromatic rings. The summed E-state index contributed by atoms with van der Waals surface area (Å²) >= 11 is 0. The lowest BCUT2D eigenvalue weighted by Gasteiger charge is -2.09. The van der Waals surface area contributed by atoms with Gasteiger partial charge in [0.2, 0.25) is 0 Å². The van der Waals surface area contributed by atoms with E-state index >= 15 is 0 Å². The van der Waals surface area contributed by atoms with Crippen LogP contribution in [0.1, 0.15) is 22.9 Å². The van der Waals surface area contributed by atoms with Gasteiger partial charge in [0.15, 0.2) is 0 Å². The highest BCUT2D eigenvalue weighted by molar-refractivity contribution is 5.26. The second-order valence-corrected chi connectivity index (χ2v) is 4.18. The van der Waals surface area contributed by atoms with Gasteiger partial charge in [-0.25, -0.2) is 8.78 Å². The summed E-state index contributed by atoms with van der Waals surface area (Å²) in [4.78, 5) is 0. The first kappa shape index (κ1) is 11.8. The molecular formula is C15H14F2. The molecule has 0 nitrogen and oxygen atoms in total. The van der Waals surface area contributed by atoms with Crippen molar-refractivity contribution >= 4 is 0 Å². The highest BCUT2D eigenvalue weighted by Crippen LogP contribution is 2.23. The van der Waals surface area contributed by atoms with Gasteiger partial charge < -0.3 is 0 Å². The van der Waals surface area contributed by atoms with Gasteiger partial charge in [0.25, 0.3) is 0 Å². The van der Waals surface area contributed by atoms with Crippen LogP contribution in [-0.4, -0.2) is 0 Å². The predicted octanol–water partition coefficient (Wildman–Crippen LogP) is 4.39. The number of benzene rings is 2. The third-order valence-corrected chi connectivity index (χ3v) is 2.77. The first-order valence-electron chi connectivity index (χ1n) is 5.61. The molecule has 0 N–H and O–H groups in total. The van der Waals surface area contributed by atoms with Gasteiger partial charge in [-0.1, -0.05) is 42.5 Å². The average molecular weight is 232 g/mol. The van der Waals surface area contributed by atoms with Crippen LogP contribution in [0.3, 0.4) is 0 Å². The molecule has 17 heavy (non-hydrogen) atoms. The van der Waals surface area contributed by atoms with Gasteiger partial charge in [0.1, 0.15) is 12.0 Å². The minimum atomic E-state index is -1.16. The quantitative estimate of drug-likeness (QED) is 0.736. The summed E-state index contributed by atoms with van der Waals surface area (Å²) in [5.41, 5.74) is 1.86. The molecule has 0 aliphatic carbocycles. The molecule has 0 amide bonds. The number of aryl methyl sites for hydroxylation is 1. The molecule has 0 aliphatic heterocycles.